The SMILES string of the molecule is COC(=O)Nc1ccc(CNC(=O)c2ccccc2C(=O)c2ccccc2)cc1. The van der Waals surface area contributed by atoms with Crippen LogP contribution in [0.4, 0.5) is 10.5 Å². The molecule has 2 N–H and O–H groups in total. The van der Waals surface area contributed by atoms with E-state index in [1.807, 2.05) is 6.07 Å². The third-order valence-corrected chi connectivity index (χ3v) is 4.29. The zero-order valence-electron chi connectivity index (χ0n) is 15.8. The fourth-order valence-corrected chi connectivity index (χ4v) is 2.78. The zero-order valence-corrected chi connectivity index (χ0v) is 15.8. The van der Waals surface area contributed by atoms with E-state index >= 15 is 0 Å². The summed E-state index contributed by atoms with van der Waals surface area (Å²) in [6.45, 7) is 0.283. The number of anilines is 1. The van der Waals surface area contributed by atoms with Crippen molar-refractivity contribution < 1.29 is 19.1 Å². The summed E-state index contributed by atoms with van der Waals surface area (Å²) in [5, 5.41) is 5.39. The number of nitrogens with one attached hydrogen (secondary N) is 2. The third-order valence-electron chi connectivity index (χ3n) is 4.29. The first-order chi connectivity index (χ1) is 14.1. The second-order valence-electron chi connectivity index (χ2n) is 6.24. The summed E-state index contributed by atoms with van der Waals surface area (Å²) in [5.41, 5.74) is 2.65. The average Bonchev–Trinajstić information content (AvgIpc) is 2.78. The number of rotatable bonds is 6. The number of ketones is 1. The van der Waals surface area contributed by atoms with Crippen molar-refractivity contribution in [2.24, 2.45) is 0 Å². The van der Waals surface area contributed by atoms with Crippen LogP contribution in [0, 0.1) is 0 Å². The van der Waals surface area contributed by atoms with E-state index in [9.17, 15) is 14.4 Å². The summed E-state index contributed by atoms with van der Waals surface area (Å²) in [4.78, 5) is 36.7. The van der Waals surface area contributed by atoms with Crippen LogP contribution in [-0.4, -0.2) is 24.9 Å². The van der Waals surface area contributed by atoms with Gasteiger partial charge in [0, 0.05) is 23.4 Å². The molecule has 0 aromatic heterocycles. The Morgan fingerprint density at radius 1 is 0.793 bits per heavy atom. The lowest BCUT2D eigenvalue weighted by molar-refractivity contribution is 0.0939. The molecule has 3 aromatic rings. The lowest BCUT2D eigenvalue weighted by atomic mass is 9.98. The topological polar surface area (TPSA) is 84.5 Å². The largest absolute Gasteiger partial charge is 0.453 e. The molecular formula is C23H20N2O4. The molecule has 0 aliphatic carbocycles. The zero-order chi connectivity index (χ0) is 20.6. The average molecular weight is 388 g/mol. The summed E-state index contributed by atoms with van der Waals surface area (Å²) in [5.74, 6) is -0.531. The van der Waals surface area contributed by atoms with Gasteiger partial charge >= 0.3 is 6.09 Å². The van der Waals surface area contributed by atoms with Crippen LogP contribution in [0.1, 0.15) is 31.8 Å². The van der Waals surface area contributed by atoms with Crippen molar-refractivity contribution in [1.29, 1.82) is 0 Å². The van der Waals surface area contributed by atoms with Gasteiger partial charge in [0.05, 0.1) is 12.7 Å². The molecule has 3 aromatic carbocycles. The summed E-state index contributed by atoms with van der Waals surface area (Å²) >= 11 is 0. The van der Waals surface area contributed by atoms with Crippen molar-refractivity contribution in [3.63, 3.8) is 0 Å². The van der Waals surface area contributed by atoms with Gasteiger partial charge in [-0.3, -0.25) is 14.9 Å². The molecule has 6 heteroatoms. The van der Waals surface area contributed by atoms with Crippen molar-refractivity contribution in [1.82, 2.24) is 5.32 Å². The smallest absolute Gasteiger partial charge is 0.411 e. The Labute approximate surface area is 168 Å². The number of amides is 2. The van der Waals surface area contributed by atoms with Gasteiger partial charge < -0.3 is 10.1 Å². The second kappa shape index (κ2) is 9.32. The Kier molecular flexibility index (Phi) is 6.37. The fourth-order valence-electron chi connectivity index (χ4n) is 2.78. The quantitative estimate of drug-likeness (QED) is 0.625. The molecule has 0 atom stereocenters. The molecule has 0 saturated heterocycles. The lowest BCUT2D eigenvalue weighted by Crippen LogP contribution is -2.25. The Morgan fingerprint density at radius 3 is 2.07 bits per heavy atom. The van der Waals surface area contributed by atoms with Crippen LogP contribution in [-0.2, 0) is 11.3 Å². The molecule has 3 rings (SSSR count). The molecule has 29 heavy (non-hydrogen) atoms. The summed E-state index contributed by atoms with van der Waals surface area (Å²) in [7, 11) is 1.29. The van der Waals surface area contributed by atoms with Crippen LogP contribution in [0.3, 0.4) is 0 Å². The first-order valence-electron chi connectivity index (χ1n) is 8.99. The molecule has 0 heterocycles. The lowest BCUT2D eigenvalue weighted by Gasteiger charge is -2.10. The number of ether oxygens (including phenoxy) is 1. The van der Waals surface area contributed by atoms with Crippen molar-refractivity contribution in [2.75, 3.05) is 12.4 Å². The third kappa shape index (κ3) is 5.07. The van der Waals surface area contributed by atoms with E-state index in [4.69, 9.17) is 0 Å². The number of benzene rings is 3. The highest BCUT2D eigenvalue weighted by Crippen LogP contribution is 2.15. The van der Waals surface area contributed by atoms with Gasteiger partial charge in [0.15, 0.2) is 5.78 Å². The number of carbonyl (C=O) groups is 3. The Morgan fingerprint density at radius 2 is 1.41 bits per heavy atom. The minimum absolute atomic E-state index is 0.199. The molecule has 0 aliphatic rings. The minimum atomic E-state index is -0.550. The van der Waals surface area contributed by atoms with Gasteiger partial charge in [-0.2, -0.15) is 0 Å². The van der Waals surface area contributed by atoms with Crippen molar-refractivity contribution >= 4 is 23.5 Å². The second-order valence-corrected chi connectivity index (χ2v) is 6.24. The van der Waals surface area contributed by atoms with E-state index in [-0.39, 0.29) is 18.2 Å². The standard InChI is InChI=1S/C23H20N2O4/c1-29-23(28)25-18-13-11-16(12-14-18)15-24-22(27)20-10-6-5-9-19(20)21(26)17-7-3-2-4-8-17/h2-14H,15H2,1H3,(H,24,27)(H,25,28). The molecule has 0 fully saturated rings. The minimum Gasteiger partial charge on any atom is -0.453 e. The number of carbonyl (C=O) groups excluding carboxylic acids is 3. The number of hydrogen-bond donors (Lipinski definition) is 2. The van der Waals surface area contributed by atoms with Crippen molar-refractivity contribution in [2.45, 2.75) is 6.54 Å². The predicted octanol–water partition coefficient (Wildman–Crippen LogP) is 4.03. The fraction of sp³-hybridized carbons (Fsp3) is 0.0870. The van der Waals surface area contributed by atoms with E-state index < -0.39 is 6.09 Å². The molecule has 0 radical (unpaired) electrons. The van der Waals surface area contributed by atoms with Gasteiger partial charge in [0.1, 0.15) is 0 Å². The van der Waals surface area contributed by atoms with Crippen LogP contribution in [0.25, 0.3) is 0 Å². The van der Waals surface area contributed by atoms with E-state index in [0.29, 0.717) is 22.4 Å². The number of hydrogen-bond acceptors (Lipinski definition) is 4. The van der Waals surface area contributed by atoms with Gasteiger partial charge in [0.2, 0.25) is 0 Å². The summed E-state index contributed by atoms with van der Waals surface area (Å²) in [6, 6.07) is 22.6. The molecule has 6 nitrogen and oxygen atoms in total. The summed E-state index contributed by atoms with van der Waals surface area (Å²) in [6.07, 6.45) is -0.550. The molecular weight excluding hydrogens is 368 g/mol. The van der Waals surface area contributed by atoms with Crippen molar-refractivity contribution in [3.8, 4) is 0 Å². The Hall–Kier alpha value is -3.93. The number of methoxy groups -OCH3 is 1. The molecule has 0 saturated carbocycles. The highest BCUT2D eigenvalue weighted by Gasteiger charge is 2.17. The van der Waals surface area contributed by atoms with Crippen LogP contribution < -0.4 is 10.6 Å². The van der Waals surface area contributed by atoms with E-state index in [1.165, 1.54) is 7.11 Å². The normalized spacial score (nSPS) is 10.1. The maximum absolute atomic E-state index is 12.8. The molecule has 0 aliphatic heterocycles. The van der Waals surface area contributed by atoms with Crippen LogP contribution in [0.15, 0.2) is 78.9 Å². The van der Waals surface area contributed by atoms with E-state index in [1.54, 1.807) is 72.8 Å². The molecule has 2 amide bonds. The first-order valence-corrected chi connectivity index (χ1v) is 8.99. The van der Waals surface area contributed by atoms with Crippen LogP contribution >= 0.6 is 0 Å². The van der Waals surface area contributed by atoms with Crippen molar-refractivity contribution in [3.05, 3.63) is 101 Å². The molecule has 146 valence electrons. The molecule has 0 spiro atoms. The van der Waals surface area contributed by atoms with Crippen LogP contribution in [0.5, 0.6) is 0 Å². The highest BCUT2D eigenvalue weighted by molar-refractivity contribution is 6.15. The Balaban J connectivity index is 1.69. The van der Waals surface area contributed by atoms with E-state index in [2.05, 4.69) is 15.4 Å². The maximum atomic E-state index is 12.8. The molecule has 0 unspecified atom stereocenters. The Bertz CT molecular complexity index is 1010. The highest BCUT2D eigenvalue weighted by atomic mass is 16.5. The maximum Gasteiger partial charge on any atom is 0.411 e. The van der Waals surface area contributed by atoms with E-state index in [0.717, 1.165) is 5.56 Å². The van der Waals surface area contributed by atoms with Crippen LogP contribution in [0.2, 0.25) is 0 Å². The van der Waals surface area contributed by atoms with Gasteiger partial charge in [-0.1, -0.05) is 60.7 Å². The van der Waals surface area contributed by atoms with Gasteiger partial charge in [-0.15, -0.1) is 0 Å². The van der Waals surface area contributed by atoms with Gasteiger partial charge in [-0.05, 0) is 23.8 Å². The monoisotopic (exact) mass is 388 g/mol. The first kappa shape index (κ1) is 19.8. The van der Waals surface area contributed by atoms with Gasteiger partial charge in [0.25, 0.3) is 5.91 Å². The molecule has 0 bridgehead atoms. The summed E-state index contributed by atoms with van der Waals surface area (Å²) < 4.78 is 4.54. The predicted molar refractivity (Wildman–Crippen MR) is 110 cm³/mol. The van der Waals surface area contributed by atoms with Gasteiger partial charge in [-0.25, -0.2) is 4.79 Å².